The number of nitro benzene ring substituents is 1. The number of esters is 1. The lowest BCUT2D eigenvalue weighted by Crippen LogP contribution is -2.40. The second-order valence-corrected chi connectivity index (χ2v) is 11.5. The fraction of sp³-hybridized carbons (Fsp3) is 0.171. The van der Waals surface area contributed by atoms with Crippen LogP contribution < -0.4 is 24.4 Å². The number of fused-ring (bicyclic) bond motifs is 1. The van der Waals surface area contributed by atoms with Gasteiger partial charge in [0.15, 0.2) is 16.3 Å². The van der Waals surface area contributed by atoms with Crippen molar-refractivity contribution < 1.29 is 28.3 Å². The molecule has 0 amide bonds. The van der Waals surface area contributed by atoms with Gasteiger partial charge in [-0.2, -0.15) is 0 Å². The fourth-order valence-corrected chi connectivity index (χ4v) is 6.59. The number of aryl methyl sites for hydroxylation is 1. The van der Waals surface area contributed by atoms with Gasteiger partial charge in [0.05, 0.1) is 41.6 Å². The highest BCUT2D eigenvalue weighted by Crippen LogP contribution is 2.42. The summed E-state index contributed by atoms with van der Waals surface area (Å²) in [7, 11) is 3.01. The molecule has 0 aliphatic carbocycles. The van der Waals surface area contributed by atoms with E-state index in [1.807, 2.05) is 30.3 Å². The molecule has 5 aromatic rings. The quantitative estimate of drug-likeness (QED) is 0.117. The second-order valence-electron chi connectivity index (χ2n) is 10.5. The number of non-ortho nitro benzene ring substituents is 1. The Morgan fingerprint density at radius 1 is 1.06 bits per heavy atom. The summed E-state index contributed by atoms with van der Waals surface area (Å²) in [6, 6.07) is 21.5. The molecule has 0 bridgehead atoms. The lowest BCUT2D eigenvalue weighted by Gasteiger charge is -2.27. The van der Waals surface area contributed by atoms with E-state index in [0.717, 1.165) is 11.3 Å². The van der Waals surface area contributed by atoms with Gasteiger partial charge in [-0.25, -0.2) is 9.79 Å². The van der Waals surface area contributed by atoms with Crippen molar-refractivity contribution in [1.82, 2.24) is 4.57 Å². The predicted molar refractivity (Wildman–Crippen MR) is 176 cm³/mol. The number of aromatic nitrogens is 1. The predicted octanol–water partition coefficient (Wildman–Crippen LogP) is 5.43. The van der Waals surface area contributed by atoms with Crippen LogP contribution in [0.3, 0.4) is 0 Å². The van der Waals surface area contributed by atoms with E-state index in [9.17, 15) is 19.7 Å². The Kier molecular flexibility index (Phi) is 8.59. The summed E-state index contributed by atoms with van der Waals surface area (Å²) in [5.74, 6) is 1.06. The highest BCUT2D eigenvalue weighted by molar-refractivity contribution is 7.07. The van der Waals surface area contributed by atoms with Crippen LogP contribution >= 0.6 is 11.3 Å². The van der Waals surface area contributed by atoms with Crippen molar-refractivity contribution in [2.24, 2.45) is 4.99 Å². The van der Waals surface area contributed by atoms with Crippen molar-refractivity contribution in [2.45, 2.75) is 19.9 Å². The van der Waals surface area contributed by atoms with Crippen LogP contribution in [0.5, 0.6) is 11.5 Å². The average Bonchev–Trinajstić information content (AvgIpc) is 3.67. The van der Waals surface area contributed by atoms with E-state index in [2.05, 4.69) is 0 Å². The number of furan rings is 1. The van der Waals surface area contributed by atoms with Crippen molar-refractivity contribution in [3.8, 4) is 22.8 Å². The lowest BCUT2D eigenvalue weighted by molar-refractivity contribution is -0.384. The molecule has 0 saturated carbocycles. The molecule has 1 aliphatic rings. The van der Waals surface area contributed by atoms with Gasteiger partial charge >= 0.3 is 5.97 Å². The number of methoxy groups -OCH3 is 2. The van der Waals surface area contributed by atoms with Crippen LogP contribution in [0.2, 0.25) is 0 Å². The number of hydrogen-bond donors (Lipinski definition) is 0. The van der Waals surface area contributed by atoms with Crippen LogP contribution in [0.1, 0.15) is 35.4 Å². The third kappa shape index (κ3) is 5.74. The van der Waals surface area contributed by atoms with Gasteiger partial charge in [-0.1, -0.05) is 53.8 Å². The first-order chi connectivity index (χ1) is 22.7. The first kappa shape index (κ1) is 31.2. The standard InChI is InChI=1S/C35H29N3O8S/c1-5-45-34(40)29-30(21-10-7-6-8-11-21)36-35-37(31(29)25-12-9-13-27(43-3)32(25)44-4)33(39)28(47-35)19-23-15-17-26(46-23)24-16-14-22(38(41)42)18-20(24)2/h6-19,31H,5H2,1-4H3/b28-19-/t31-/m1/s1. The summed E-state index contributed by atoms with van der Waals surface area (Å²) in [5, 5.41) is 11.2. The third-order valence-corrected chi connectivity index (χ3v) is 8.67. The molecule has 1 aliphatic heterocycles. The summed E-state index contributed by atoms with van der Waals surface area (Å²) >= 11 is 1.15. The minimum Gasteiger partial charge on any atom is -0.493 e. The Hall–Kier alpha value is -5.75. The molecule has 12 heteroatoms. The van der Waals surface area contributed by atoms with Crippen LogP contribution in [0.25, 0.3) is 23.1 Å². The van der Waals surface area contributed by atoms with E-state index in [4.69, 9.17) is 23.6 Å². The summed E-state index contributed by atoms with van der Waals surface area (Å²) in [6.07, 6.45) is 1.62. The van der Waals surface area contributed by atoms with Crippen molar-refractivity contribution in [1.29, 1.82) is 0 Å². The van der Waals surface area contributed by atoms with Gasteiger partial charge in [0, 0.05) is 34.9 Å². The van der Waals surface area contributed by atoms with Crippen LogP contribution in [-0.2, 0) is 9.53 Å². The molecule has 11 nitrogen and oxygen atoms in total. The number of rotatable bonds is 9. The Balaban J connectivity index is 1.57. The topological polar surface area (TPSA) is 135 Å². The van der Waals surface area contributed by atoms with Gasteiger partial charge in [-0.15, -0.1) is 0 Å². The van der Waals surface area contributed by atoms with Crippen LogP contribution in [0, 0.1) is 17.0 Å². The van der Waals surface area contributed by atoms with E-state index in [-0.39, 0.29) is 17.9 Å². The maximum Gasteiger partial charge on any atom is 0.338 e. The van der Waals surface area contributed by atoms with Crippen LogP contribution in [-0.4, -0.2) is 36.3 Å². The molecule has 0 unspecified atom stereocenters. The molecule has 0 fully saturated rings. The van der Waals surface area contributed by atoms with Gasteiger partial charge in [0.1, 0.15) is 17.6 Å². The van der Waals surface area contributed by atoms with Crippen molar-refractivity contribution in [3.63, 3.8) is 0 Å². The van der Waals surface area contributed by atoms with E-state index in [0.29, 0.717) is 60.3 Å². The molecule has 0 radical (unpaired) electrons. The molecule has 0 spiro atoms. The smallest absolute Gasteiger partial charge is 0.338 e. The number of thiazole rings is 1. The molecule has 3 heterocycles. The van der Waals surface area contributed by atoms with Gasteiger partial charge in [0.25, 0.3) is 11.2 Å². The fourth-order valence-electron chi connectivity index (χ4n) is 5.60. The number of ether oxygens (including phenoxy) is 3. The first-order valence-corrected chi connectivity index (χ1v) is 15.4. The number of carbonyl (C=O) groups is 1. The van der Waals surface area contributed by atoms with E-state index >= 15 is 0 Å². The highest BCUT2D eigenvalue weighted by Gasteiger charge is 2.37. The van der Waals surface area contributed by atoms with Gasteiger partial charge in [-0.05, 0) is 43.7 Å². The highest BCUT2D eigenvalue weighted by atomic mass is 32.1. The van der Waals surface area contributed by atoms with Crippen molar-refractivity contribution in [3.05, 3.63) is 137 Å². The molecule has 0 N–H and O–H groups in total. The zero-order valence-corrected chi connectivity index (χ0v) is 26.7. The number of para-hydroxylation sites is 1. The lowest BCUT2D eigenvalue weighted by atomic mass is 9.92. The Morgan fingerprint density at radius 3 is 2.53 bits per heavy atom. The molecule has 6 rings (SSSR count). The molecular weight excluding hydrogens is 622 g/mol. The van der Waals surface area contributed by atoms with E-state index < -0.39 is 22.5 Å². The Bertz CT molecular complexity index is 2230. The molecule has 2 aromatic heterocycles. The number of nitrogens with zero attached hydrogens (tertiary/aromatic N) is 3. The maximum absolute atomic E-state index is 14.3. The second kappa shape index (κ2) is 12.9. The Labute approximate surface area is 272 Å². The summed E-state index contributed by atoms with van der Waals surface area (Å²) in [6.45, 7) is 3.60. The molecule has 0 saturated heterocycles. The third-order valence-electron chi connectivity index (χ3n) is 7.69. The van der Waals surface area contributed by atoms with Crippen molar-refractivity contribution in [2.75, 3.05) is 20.8 Å². The molecule has 238 valence electrons. The van der Waals surface area contributed by atoms with Gasteiger partial charge in [-0.3, -0.25) is 19.5 Å². The van der Waals surface area contributed by atoms with E-state index in [1.54, 1.807) is 56.3 Å². The van der Waals surface area contributed by atoms with Crippen LogP contribution in [0.4, 0.5) is 5.69 Å². The molecule has 1 atom stereocenters. The first-order valence-electron chi connectivity index (χ1n) is 14.6. The zero-order valence-electron chi connectivity index (χ0n) is 25.9. The summed E-state index contributed by atoms with van der Waals surface area (Å²) in [5.41, 5.74) is 2.69. The summed E-state index contributed by atoms with van der Waals surface area (Å²) in [4.78, 5) is 44.0. The summed E-state index contributed by atoms with van der Waals surface area (Å²) < 4.78 is 24.8. The average molecular weight is 652 g/mol. The van der Waals surface area contributed by atoms with Gasteiger partial charge < -0.3 is 18.6 Å². The SMILES string of the molecule is CCOC(=O)C1=C(c2ccccc2)N=c2s/c(=C\c3ccc(-c4ccc([N+](=O)[O-])cc4C)o3)c(=O)n2[C@@H]1c1cccc(OC)c1OC. The normalized spacial score (nSPS) is 14.4. The molecule has 3 aromatic carbocycles. The van der Waals surface area contributed by atoms with Crippen LogP contribution in [0.15, 0.2) is 98.6 Å². The van der Waals surface area contributed by atoms with Crippen molar-refractivity contribution >= 4 is 34.8 Å². The molecular formula is C35H29N3O8S. The zero-order chi connectivity index (χ0) is 33.2. The Morgan fingerprint density at radius 2 is 1.85 bits per heavy atom. The van der Waals surface area contributed by atoms with Gasteiger partial charge in [0.2, 0.25) is 0 Å². The monoisotopic (exact) mass is 651 g/mol. The number of benzene rings is 3. The van der Waals surface area contributed by atoms with E-state index in [1.165, 1.54) is 30.9 Å². The number of hydrogen-bond acceptors (Lipinski definition) is 10. The largest absolute Gasteiger partial charge is 0.493 e. The number of nitro groups is 1. The maximum atomic E-state index is 14.3. The molecule has 47 heavy (non-hydrogen) atoms. The minimum absolute atomic E-state index is 0.0154. The minimum atomic E-state index is -0.970. The number of carbonyl (C=O) groups excluding carboxylic acids is 1.